The lowest BCUT2D eigenvalue weighted by Gasteiger charge is -1.98. The van der Waals surface area contributed by atoms with E-state index in [9.17, 15) is 9.18 Å². The molecule has 4 nitrogen and oxygen atoms in total. The van der Waals surface area contributed by atoms with Gasteiger partial charge in [0.1, 0.15) is 11.5 Å². The van der Waals surface area contributed by atoms with Crippen molar-refractivity contribution in [3.05, 3.63) is 41.3 Å². The Labute approximate surface area is 91.3 Å². The van der Waals surface area contributed by atoms with Gasteiger partial charge in [-0.3, -0.25) is 9.89 Å². The Bertz CT molecular complexity index is 548. The second-order valence-electron chi connectivity index (χ2n) is 3.50. The molecule has 0 radical (unpaired) electrons. The van der Waals surface area contributed by atoms with E-state index >= 15 is 0 Å². The molecule has 0 bridgehead atoms. The molecule has 1 amide bonds. The first kappa shape index (κ1) is 10.4. The summed E-state index contributed by atoms with van der Waals surface area (Å²) in [7, 11) is 0. The van der Waals surface area contributed by atoms with Gasteiger partial charge in [-0.25, -0.2) is 4.39 Å². The summed E-state index contributed by atoms with van der Waals surface area (Å²) in [5.74, 6) is -0.896. The fourth-order valence-corrected chi connectivity index (χ4v) is 1.35. The van der Waals surface area contributed by atoms with Crippen LogP contribution in [0, 0.1) is 12.7 Å². The van der Waals surface area contributed by atoms with Crippen LogP contribution >= 0.6 is 0 Å². The SMILES string of the molecule is Cc1ccc(-c2cc(C(N)=O)[nH]n2)cc1F. The molecule has 0 fully saturated rings. The zero-order chi connectivity index (χ0) is 11.7. The normalized spacial score (nSPS) is 10.4. The molecule has 0 aliphatic heterocycles. The van der Waals surface area contributed by atoms with Crippen molar-refractivity contribution in [1.29, 1.82) is 0 Å². The van der Waals surface area contributed by atoms with E-state index in [0.29, 0.717) is 16.8 Å². The second-order valence-corrected chi connectivity index (χ2v) is 3.50. The Hall–Kier alpha value is -2.17. The minimum Gasteiger partial charge on any atom is -0.364 e. The molecule has 82 valence electrons. The van der Waals surface area contributed by atoms with Crippen molar-refractivity contribution < 1.29 is 9.18 Å². The lowest BCUT2D eigenvalue weighted by atomic mass is 10.1. The lowest BCUT2D eigenvalue weighted by Crippen LogP contribution is -2.10. The summed E-state index contributed by atoms with van der Waals surface area (Å²) in [4.78, 5) is 10.8. The highest BCUT2D eigenvalue weighted by Crippen LogP contribution is 2.20. The average molecular weight is 219 g/mol. The van der Waals surface area contributed by atoms with Crippen molar-refractivity contribution in [2.75, 3.05) is 0 Å². The predicted molar refractivity (Wildman–Crippen MR) is 57.2 cm³/mol. The highest BCUT2D eigenvalue weighted by molar-refractivity contribution is 5.91. The number of nitrogens with one attached hydrogen (secondary N) is 1. The van der Waals surface area contributed by atoms with E-state index in [4.69, 9.17) is 5.73 Å². The number of hydrogen-bond donors (Lipinski definition) is 2. The topological polar surface area (TPSA) is 71.8 Å². The van der Waals surface area contributed by atoms with Gasteiger partial charge in [-0.15, -0.1) is 0 Å². The van der Waals surface area contributed by atoms with Crippen LogP contribution in [0.5, 0.6) is 0 Å². The van der Waals surface area contributed by atoms with Crippen LogP contribution in [0.25, 0.3) is 11.3 Å². The Balaban J connectivity index is 2.42. The van der Waals surface area contributed by atoms with Crippen molar-refractivity contribution in [2.45, 2.75) is 6.92 Å². The summed E-state index contributed by atoms with van der Waals surface area (Å²) in [5, 5.41) is 6.38. The fourth-order valence-electron chi connectivity index (χ4n) is 1.35. The molecule has 3 N–H and O–H groups in total. The Morgan fingerprint density at radius 3 is 2.75 bits per heavy atom. The Kier molecular flexibility index (Phi) is 2.44. The maximum atomic E-state index is 13.3. The number of primary amides is 1. The molecule has 16 heavy (non-hydrogen) atoms. The van der Waals surface area contributed by atoms with Crippen LogP contribution in [-0.2, 0) is 0 Å². The molecule has 0 aliphatic carbocycles. The van der Waals surface area contributed by atoms with Gasteiger partial charge in [0.25, 0.3) is 5.91 Å². The lowest BCUT2D eigenvalue weighted by molar-refractivity contribution is 0.0995. The number of nitrogens with two attached hydrogens (primary N) is 1. The summed E-state index contributed by atoms with van der Waals surface area (Å²) >= 11 is 0. The zero-order valence-electron chi connectivity index (χ0n) is 8.62. The van der Waals surface area contributed by atoms with Crippen molar-refractivity contribution in [3.63, 3.8) is 0 Å². The second kappa shape index (κ2) is 3.77. The van der Waals surface area contributed by atoms with Gasteiger partial charge < -0.3 is 5.73 Å². The maximum Gasteiger partial charge on any atom is 0.266 e. The highest BCUT2D eigenvalue weighted by atomic mass is 19.1. The van der Waals surface area contributed by atoms with Crippen LogP contribution in [0.1, 0.15) is 16.1 Å². The molecule has 0 atom stereocenters. The van der Waals surface area contributed by atoms with Crippen LogP contribution in [0.4, 0.5) is 4.39 Å². The summed E-state index contributed by atoms with van der Waals surface area (Å²) in [6, 6.07) is 6.26. The number of aryl methyl sites for hydroxylation is 1. The smallest absolute Gasteiger partial charge is 0.266 e. The van der Waals surface area contributed by atoms with Crippen LogP contribution in [0.2, 0.25) is 0 Å². The molecule has 0 saturated carbocycles. The molecule has 2 aromatic rings. The first-order valence-electron chi connectivity index (χ1n) is 4.69. The maximum absolute atomic E-state index is 13.3. The molecule has 1 heterocycles. The zero-order valence-corrected chi connectivity index (χ0v) is 8.62. The van der Waals surface area contributed by atoms with Crippen LogP contribution in [0.15, 0.2) is 24.3 Å². The molecule has 0 saturated heterocycles. The van der Waals surface area contributed by atoms with Gasteiger partial charge in [0.05, 0.1) is 5.69 Å². The summed E-state index contributed by atoms with van der Waals surface area (Å²) in [5.41, 5.74) is 6.94. The van der Waals surface area contributed by atoms with Gasteiger partial charge in [-0.2, -0.15) is 5.10 Å². The molecule has 0 spiro atoms. The number of carbonyl (C=O) groups is 1. The van der Waals surface area contributed by atoms with Gasteiger partial charge in [0.15, 0.2) is 0 Å². The monoisotopic (exact) mass is 219 g/mol. The molecular formula is C11H10FN3O. The van der Waals surface area contributed by atoms with Gasteiger partial charge in [0, 0.05) is 5.56 Å². The third-order valence-corrected chi connectivity index (χ3v) is 2.31. The number of aromatic nitrogens is 2. The van der Waals surface area contributed by atoms with Gasteiger partial charge in [-0.1, -0.05) is 12.1 Å². The minimum atomic E-state index is -0.591. The van der Waals surface area contributed by atoms with E-state index in [2.05, 4.69) is 10.2 Å². The van der Waals surface area contributed by atoms with Gasteiger partial charge in [-0.05, 0) is 24.6 Å². The molecule has 2 rings (SSSR count). The average Bonchev–Trinajstić information content (AvgIpc) is 2.71. The molecular weight excluding hydrogens is 209 g/mol. The summed E-state index contributed by atoms with van der Waals surface area (Å²) < 4.78 is 13.3. The van der Waals surface area contributed by atoms with Crippen LogP contribution in [-0.4, -0.2) is 16.1 Å². The number of H-pyrrole nitrogens is 1. The largest absolute Gasteiger partial charge is 0.364 e. The van der Waals surface area contributed by atoms with Crippen LogP contribution in [0.3, 0.4) is 0 Å². The number of carbonyl (C=O) groups excluding carboxylic acids is 1. The number of halogens is 1. The summed E-state index contributed by atoms with van der Waals surface area (Å²) in [6.45, 7) is 1.68. The van der Waals surface area contributed by atoms with Crippen LogP contribution < -0.4 is 5.73 Å². The number of aromatic amines is 1. The summed E-state index contributed by atoms with van der Waals surface area (Å²) in [6.07, 6.45) is 0. The van der Waals surface area contributed by atoms with Crippen molar-refractivity contribution in [1.82, 2.24) is 10.2 Å². The van der Waals surface area contributed by atoms with Crippen molar-refractivity contribution >= 4 is 5.91 Å². The standard InChI is InChI=1S/C11H10FN3O/c1-6-2-3-7(4-8(6)12)9-5-10(11(13)16)15-14-9/h2-5H,1H3,(H2,13,16)(H,14,15). The van der Waals surface area contributed by atoms with Gasteiger partial charge >= 0.3 is 0 Å². The third-order valence-electron chi connectivity index (χ3n) is 2.31. The predicted octanol–water partition coefficient (Wildman–Crippen LogP) is 1.62. The number of hydrogen-bond acceptors (Lipinski definition) is 2. The Morgan fingerprint density at radius 2 is 2.19 bits per heavy atom. The third kappa shape index (κ3) is 1.79. The minimum absolute atomic E-state index is 0.205. The van der Waals surface area contributed by atoms with E-state index in [1.807, 2.05) is 0 Å². The van der Waals surface area contributed by atoms with Gasteiger partial charge in [0.2, 0.25) is 0 Å². The number of rotatable bonds is 2. The number of benzene rings is 1. The Morgan fingerprint density at radius 1 is 1.44 bits per heavy atom. The van der Waals surface area contributed by atoms with E-state index in [1.54, 1.807) is 19.1 Å². The van der Waals surface area contributed by atoms with Crippen molar-refractivity contribution in [3.8, 4) is 11.3 Å². The molecule has 1 aromatic heterocycles. The molecule has 5 heteroatoms. The highest BCUT2D eigenvalue weighted by Gasteiger charge is 2.08. The molecule has 1 aromatic carbocycles. The molecule has 0 aliphatic rings. The first-order chi connectivity index (χ1) is 7.58. The quantitative estimate of drug-likeness (QED) is 0.805. The van der Waals surface area contributed by atoms with E-state index in [1.165, 1.54) is 12.1 Å². The van der Waals surface area contributed by atoms with Crippen molar-refractivity contribution in [2.24, 2.45) is 5.73 Å². The first-order valence-corrected chi connectivity index (χ1v) is 4.69. The van der Waals surface area contributed by atoms with E-state index in [0.717, 1.165) is 0 Å². The fraction of sp³-hybridized carbons (Fsp3) is 0.0909. The van der Waals surface area contributed by atoms with E-state index in [-0.39, 0.29) is 11.5 Å². The number of nitrogens with zero attached hydrogens (tertiary/aromatic N) is 1. The van der Waals surface area contributed by atoms with E-state index < -0.39 is 5.91 Å². The molecule has 0 unspecified atom stereocenters. The number of amides is 1.